The highest BCUT2D eigenvalue weighted by Gasteiger charge is 2.56. The van der Waals surface area contributed by atoms with Gasteiger partial charge in [-0.1, -0.05) is 75.9 Å². The van der Waals surface area contributed by atoms with Gasteiger partial charge in [-0.3, -0.25) is 0 Å². The Hall–Kier alpha value is -1.21. The Morgan fingerprint density at radius 3 is 1.31 bits per heavy atom. The van der Waals surface area contributed by atoms with E-state index in [1.54, 1.807) is 0 Å². The van der Waals surface area contributed by atoms with Crippen molar-refractivity contribution < 1.29 is 9.47 Å². The van der Waals surface area contributed by atoms with Crippen LogP contribution >= 0.6 is 7.26 Å². The molecule has 0 saturated carbocycles. The summed E-state index contributed by atoms with van der Waals surface area (Å²) in [6.07, 6.45) is 9.49. The molecule has 0 N–H and O–H groups in total. The largest absolute Gasteiger partial charge is 0.346 e. The van der Waals surface area contributed by atoms with E-state index in [9.17, 15) is 0 Å². The molecule has 0 aliphatic rings. The second-order valence-corrected chi connectivity index (χ2v) is 11.6. The number of ether oxygens (including phenoxy) is 2. The van der Waals surface area contributed by atoms with Gasteiger partial charge in [0, 0.05) is 27.1 Å². The maximum atomic E-state index is 6.33. The lowest BCUT2D eigenvalue weighted by molar-refractivity contribution is 0.129. The van der Waals surface area contributed by atoms with Crippen LogP contribution in [-0.4, -0.2) is 25.9 Å². The van der Waals surface area contributed by atoms with Crippen molar-refractivity contribution in [1.29, 1.82) is 0 Å². The molecule has 2 aromatic carbocycles. The predicted molar refractivity (Wildman–Crippen MR) is 129 cm³/mol. The second-order valence-electron chi connectivity index (χ2n) is 7.82. The third kappa shape index (κ3) is 5.91. The van der Waals surface area contributed by atoms with Gasteiger partial charge in [0.25, 0.3) is 0 Å². The van der Waals surface area contributed by atoms with Gasteiger partial charge in [0.05, 0.1) is 0 Å². The van der Waals surface area contributed by atoms with E-state index >= 15 is 0 Å². The standard InChI is InChI=1S/C26H40O2P/c1-5-7-11-21-25(27-3)29(23-17-13-9-14-18-23,24-19-15-10-16-20-24)26(28-4)22-12-8-6-2/h9-10,13-20,25-26H,5-8,11-12,21-22H2,1-4H3/q+1. The normalized spacial score (nSPS) is 13.9. The van der Waals surface area contributed by atoms with Crippen molar-refractivity contribution in [1.82, 2.24) is 0 Å². The van der Waals surface area contributed by atoms with Gasteiger partial charge in [-0.2, -0.15) is 0 Å². The van der Waals surface area contributed by atoms with Gasteiger partial charge in [-0.15, -0.1) is 0 Å². The van der Waals surface area contributed by atoms with Gasteiger partial charge in [0.1, 0.15) is 17.9 Å². The number of benzene rings is 2. The Labute approximate surface area is 179 Å². The van der Waals surface area contributed by atoms with Crippen LogP contribution in [0.1, 0.15) is 65.2 Å². The number of hydrogen-bond acceptors (Lipinski definition) is 2. The maximum Gasteiger partial charge on any atom is 0.178 e. The van der Waals surface area contributed by atoms with Crippen molar-refractivity contribution in [2.45, 2.75) is 76.9 Å². The molecule has 0 bridgehead atoms. The van der Waals surface area contributed by atoms with Gasteiger partial charge in [-0.25, -0.2) is 0 Å². The fraction of sp³-hybridized carbons (Fsp3) is 0.538. The lowest BCUT2D eigenvalue weighted by atomic mass is 10.2. The molecule has 2 atom stereocenters. The summed E-state index contributed by atoms with van der Waals surface area (Å²) in [5, 5.41) is 2.80. The van der Waals surface area contributed by atoms with Crippen LogP contribution in [0.15, 0.2) is 60.7 Å². The van der Waals surface area contributed by atoms with E-state index < -0.39 is 7.26 Å². The number of hydrogen-bond donors (Lipinski definition) is 0. The monoisotopic (exact) mass is 415 g/mol. The first-order valence-corrected chi connectivity index (χ1v) is 13.2. The smallest absolute Gasteiger partial charge is 0.178 e. The molecule has 0 fully saturated rings. The van der Waals surface area contributed by atoms with Crippen LogP contribution in [0.5, 0.6) is 0 Å². The molecule has 0 aliphatic carbocycles. The molecule has 2 nitrogen and oxygen atoms in total. The van der Waals surface area contributed by atoms with Crippen LogP contribution in [0.4, 0.5) is 0 Å². The average Bonchev–Trinajstić information content (AvgIpc) is 2.78. The Morgan fingerprint density at radius 2 is 1.00 bits per heavy atom. The molecular weight excluding hydrogens is 375 g/mol. The highest BCUT2D eigenvalue weighted by Crippen LogP contribution is 2.67. The van der Waals surface area contributed by atoms with Crippen LogP contribution in [0, 0.1) is 0 Å². The maximum absolute atomic E-state index is 6.33. The summed E-state index contributed by atoms with van der Waals surface area (Å²) >= 11 is 0. The third-order valence-corrected chi connectivity index (χ3v) is 11.0. The predicted octanol–water partition coefficient (Wildman–Crippen LogP) is 6.76. The van der Waals surface area contributed by atoms with E-state index in [1.807, 2.05) is 14.2 Å². The average molecular weight is 416 g/mol. The molecule has 2 rings (SSSR count). The fourth-order valence-electron chi connectivity index (χ4n) is 4.46. The van der Waals surface area contributed by atoms with Crippen LogP contribution in [0.2, 0.25) is 0 Å². The van der Waals surface area contributed by atoms with Gasteiger partial charge < -0.3 is 9.47 Å². The first kappa shape index (κ1) is 24.1. The van der Waals surface area contributed by atoms with Gasteiger partial charge in [0.15, 0.2) is 11.7 Å². The Balaban J connectivity index is 2.63. The topological polar surface area (TPSA) is 18.5 Å². The van der Waals surface area contributed by atoms with Gasteiger partial charge in [0.2, 0.25) is 0 Å². The second kappa shape index (κ2) is 13.2. The number of methoxy groups -OCH3 is 2. The van der Waals surface area contributed by atoms with E-state index in [0.29, 0.717) is 0 Å². The first-order chi connectivity index (χ1) is 14.2. The zero-order valence-electron chi connectivity index (χ0n) is 18.8. The molecule has 0 amide bonds. The summed E-state index contributed by atoms with van der Waals surface area (Å²) < 4.78 is 12.7. The summed E-state index contributed by atoms with van der Waals surface area (Å²) in [5.41, 5.74) is 0. The summed E-state index contributed by atoms with van der Waals surface area (Å²) in [4.78, 5) is 0. The van der Waals surface area contributed by atoms with Crippen molar-refractivity contribution in [2.75, 3.05) is 14.2 Å². The van der Waals surface area contributed by atoms with Crippen molar-refractivity contribution in [3.8, 4) is 0 Å². The third-order valence-electron chi connectivity index (χ3n) is 5.93. The lowest BCUT2D eigenvalue weighted by Crippen LogP contribution is -2.40. The molecule has 0 spiro atoms. The summed E-state index contributed by atoms with van der Waals surface area (Å²) in [7, 11) is 1.85. The molecule has 2 aromatic rings. The Morgan fingerprint density at radius 1 is 0.621 bits per heavy atom. The molecule has 2 unspecified atom stereocenters. The Bertz CT molecular complexity index is 599. The Kier molecular flexibility index (Phi) is 10.9. The van der Waals surface area contributed by atoms with Crippen molar-refractivity contribution in [3.63, 3.8) is 0 Å². The minimum absolute atomic E-state index is 0.172. The molecule has 160 valence electrons. The quantitative estimate of drug-likeness (QED) is 0.251. The van der Waals surface area contributed by atoms with Crippen molar-refractivity contribution in [3.05, 3.63) is 60.7 Å². The van der Waals surface area contributed by atoms with Gasteiger partial charge >= 0.3 is 0 Å². The van der Waals surface area contributed by atoms with E-state index in [2.05, 4.69) is 74.5 Å². The van der Waals surface area contributed by atoms with Crippen molar-refractivity contribution in [2.24, 2.45) is 0 Å². The highest BCUT2D eigenvalue weighted by molar-refractivity contribution is 7.90. The molecule has 0 saturated heterocycles. The van der Waals surface area contributed by atoms with Crippen LogP contribution in [0.3, 0.4) is 0 Å². The molecule has 0 radical (unpaired) electrons. The molecule has 29 heavy (non-hydrogen) atoms. The first-order valence-electron chi connectivity index (χ1n) is 11.3. The lowest BCUT2D eigenvalue weighted by Gasteiger charge is -2.38. The SMILES string of the molecule is CCCCCC(OC)[P+](c1ccccc1)(c1ccccc1)C(CCCCC)OC. The van der Waals surface area contributed by atoms with E-state index in [0.717, 1.165) is 12.8 Å². The summed E-state index contributed by atoms with van der Waals surface area (Å²) in [6.45, 7) is 4.53. The molecule has 0 aliphatic heterocycles. The van der Waals surface area contributed by atoms with Crippen LogP contribution in [-0.2, 0) is 9.47 Å². The van der Waals surface area contributed by atoms with Gasteiger partial charge in [-0.05, 0) is 37.1 Å². The van der Waals surface area contributed by atoms with Crippen molar-refractivity contribution >= 4 is 17.9 Å². The number of unbranched alkanes of at least 4 members (excludes halogenated alkanes) is 4. The zero-order chi connectivity index (χ0) is 21.0. The minimum atomic E-state index is -1.95. The molecule has 0 heterocycles. The van der Waals surface area contributed by atoms with Crippen LogP contribution < -0.4 is 10.6 Å². The number of rotatable bonds is 14. The molecule has 0 aromatic heterocycles. The fourth-order valence-corrected chi connectivity index (χ4v) is 9.64. The summed E-state index contributed by atoms with van der Waals surface area (Å²) in [5.74, 6) is 0.343. The highest BCUT2D eigenvalue weighted by atomic mass is 31.2. The minimum Gasteiger partial charge on any atom is -0.346 e. The molecule has 3 heteroatoms. The summed E-state index contributed by atoms with van der Waals surface area (Å²) in [6, 6.07) is 22.1. The molecular formula is C26H40O2P+. The zero-order valence-corrected chi connectivity index (χ0v) is 19.7. The van der Waals surface area contributed by atoms with E-state index in [1.165, 1.54) is 49.1 Å². The van der Waals surface area contributed by atoms with E-state index in [-0.39, 0.29) is 11.7 Å². The van der Waals surface area contributed by atoms with E-state index in [4.69, 9.17) is 9.47 Å². The van der Waals surface area contributed by atoms with Crippen LogP contribution in [0.25, 0.3) is 0 Å².